The summed E-state index contributed by atoms with van der Waals surface area (Å²) in [5.41, 5.74) is 0.675. The SMILES string of the molecule is O=c1c2ccccc2nc(SCCNS(=O)(=O)c2ccccc2)n1C1CCCC1. The lowest BCUT2D eigenvalue weighted by atomic mass is 10.2. The molecule has 0 spiro atoms. The van der Waals surface area contributed by atoms with E-state index in [1.54, 1.807) is 30.3 Å². The summed E-state index contributed by atoms with van der Waals surface area (Å²) in [5.74, 6) is 0.490. The Morgan fingerprint density at radius 2 is 1.72 bits per heavy atom. The Morgan fingerprint density at radius 1 is 1.03 bits per heavy atom. The first-order chi connectivity index (χ1) is 14.1. The number of nitrogens with one attached hydrogen (secondary N) is 1. The van der Waals surface area contributed by atoms with Gasteiger partial charge in [0.15, 0.2) is 5.16 Å². The average molecular weight is 430 g/mol. The number of thioether (sulfide) groups is 1. The number of aromatic nitrogens is 2. The Hall–Kier alpha value is -2.16. The highest BCUT2D eigenvalue weighted by Gasteiger charge is 2.23. The molecule has 4 rings (SSSR count). The lowest BCUT2D eigenvalue weighted by molar-refractivity contribution is 0.457. The average Bonchev–Trinajstić information content (AvgIpc) is 3.26. The lowest BCUT2D eigenvalue weighted by Gasteiger charge is -2.18. The molecule has 0 radical (unpaired) electrons. The summed E-state index contributed by atoms with van der Waals surface area (Å²) in [7, 11) is -3.54. The Morgan fingerprint density at radius 3 is 2.48 bits per heavy atom. The molecule has 0 atom stereocenters. The van der Waals surface area contributed by atoms with Gasteiger partial charge in [-0.15, -0.1) is 0 Å². The van der Waals surface area contributed by atoms with Crippen molar-refractivity contribution in [1.29, 1.82) is 0 Å². The predicted octanol–water partition coefficient (Wildman–Crippen LogP) is 3.58. The summed E-state index contributed by atoms with van der Waals surface area (Å²) in [6, 6.07) is 15.9. The second kappa shape index (κ2) is 8.69. The molecule has 0 amide bonds. The standard InChI is InChI=1S/C21H23N3O3S2/c25-20-18-12-6-7-13-19(18)23-21(24(20)16-8-4-5-9-16)28-15-14-22-29(26,27)17-10-2-1-3-11-17/h1-3,6-7,10-13,16,22H,4-5,8-9,14-15H2. The highest BCUT2D eigenvalue weighted by molar-refractivity contribution is 7.99. The van der Waals surface area contributed by atoms with E-state index >= 15 is 0 Å². The highest BCUT2D eigenvalue weighted by Crippen LogP contribution is 2.32. The van der Waals surface area contributed by atoms with Crippen LogP contribution in [0.2, 0.25) is 0 Å². The third kappa shape index (κ3) is 4.39. The summed E-state index contributed by atoms with van der Waals surface area (Å²) in [6.07, 6.45) is 4.19. The fourth-order valence-corrected chi connectivity index (χ4v) is 5.82. The topological polar surface area (TPSA) is 81.1 Å². The molecular formula is C21H23N3O3S2. The fraction of sp³-hybridized carbons (Fsp3) is 0.333. The van der Waals surface area contributed by atoms with E-state index in [0.717, 1.165) is 25.7 Å². The first kappa shape index (κ1) is 20.1. The zero-order valence-corrected chi connectivity index (χ0v) is 17.6. The van der Waals surface area contributed by atoms with Gasteiger partial charge in [-0.25, -0.2) is 18.1 Å². The molecule has 0 unspecified atom stereocenters. The van der Waals surface area contributed by atoms with Crippen molar-refractivity contribution < 1.29 is 8.42 Å². The van der Waals surface area contributed by atoms with Crippen LogP contribution in [0.5, 0.6) is 0 Å². The van der Waals surface area contributed by atoms with Gasteiger partial charge in [-0.3, -0.25) is 9.36 Å². The number of benzene rings is 2. The normalized spacial score (nSPS) is 15.2. The number of nitrogens with zero attached hydrogens (tertiary/aromatic N) is 2. The number of rotatable bonds is 7. The highest BCUT2D eigenvalue weighted by atomic mass is 32.2. The van der Waals surface area contributed by atoms with Crippen LogP contribution in [-0.2, 0) is 10.0 Å². The van der Waals surface area contributed by atoms with E-state index in [9.17, 15) is 13.2 Å². The molecule has 0 bridgehead atoms. The molecule has 0 aliphatic heterocycles. The molecule has 3 aromatic rings. The molecule has 1 saturated carbocycles. The van der Waals surface area contributed by atoms with E-state index in [2.05, 4.69) is 4.72 Å². The van der Waals surface area contributed by atoms with Crippen molar-refractivity contribution in [2.24, 2.45) is 0 Å². The molecule has 2 aromatic carbocycles. The molecule has 8 heteroatoms. The molecule has 0 saturated heterocycles. The van der Waals surface area contributed by atoms with E-state index in [-0.39, 0.29) is 23.0 Å². The van der Waals surface area contributed by atoms with E-state index < -0.39 is 10.0 Å². The van der Waals surface area contributed by atoms with Crippen LogP contribution in [0.3, 0.4) is 0 Å². The zero-order valence-electron chi connectivity index (χ0n) is 16.0. The first-order valence-electron chi connectivity index (χ1n) is 9.75. The molecule has 1 N–H and O–H groups in total. The van der Waals surface area contributed by atoms with E-state index in [1.807, 2.05) is 28.8 Å². The number of fused-ring (bicyclic) bond motifs is 1. The maximum absolute atomic E-state index is 13.1. The van der Waals surface area contributed by atoms with Gasteiger partial charge in [-0.2, -0.15) is 0 Å². The second-order valence-corrected chi connectivity index (χ2v) is 9.91. The van der Waals surface area contributed by atoms with Crippen molar-refractivity contribution in [1.82, 2.24) is 14.3 Å². The van der Waals surface area contributed by atoms with Crippen LogP contribution in [-0.4, -0.2) is 30.3 Å². The second-order valence-electron chi connectivity index (χ2n) is 7.08. The lowest BCUT2D eigenvalue weighted by Crippen LogP contribution is -2.28. The maximum atomic E-state index is 13.1. The monoisotopic (exact) mass is 429 g/mol. The minimum absolute atomic E-state index is 0.00475. The molecule has 6 nitrogen and oxygen atoms in total. The largest absolute Gasteiger partial charge is 0.284 e. The summed E-state index contributed by atoms with van der Waals surface area (Å²) >= 11 is 1.42. The molecular weight excluding hydrogens is 406 g/mol. The van der Waals surface area contributed by atoms with Crippen LogP contribution in [0.15, 0.2) is 69.4 Å². The Labute approximate surface area is 174 Å². The van der Waals surface area contributed by atoms with E-state index in [4.69, 9.17) is 4.98 Å². The van der Waals surface area contributed by atoms with Gasteiger partial charge in [-0.1, -0.05) is 54.9 Å². The molecule has 152 valence electrons. The summed E-state index contributed by atoms with van der Waals surface area (Å²) < 4.78 is 29.2. The van der Waals surface area contributed by atoms with Crippen molar-refractivity contribution in [3.05, 3.63) is 65.0 Å². The fourth-order valence-electron chi connectivity index (χ4n) is 3.71. The van der Waals surface area contributed by atoms with Crippen LogP contribution >= 0.6 is 11.8 Å². The van der Waals surface area contributed by atoms with E-state index in [0.29, 0.717) is 21.8 Å². The van der Waals surface area contributed by atoms with Crippen LogP contribution < -0.4 is 10.3 Å². The minimum atomic E-state index is -3.54. The third-order valence-electron chi connectivity index (χ3n) is 5.14. The Kier molecular flexibility index (Phi) is 6.03. The maximum Gasteiger partial charge on any atom is 0.262 e. The first-order valence-corrected chi connectivity index (χ1v) is 12.2. The van der Waals surface area contributed by atoms with Crippen molar-refractivity contribution in [3.63, 3.8) is 0 Å². The molecule has 1 heterocycles. The van der Waals surface area contributed by atoms with Crippen LogP contribution in [0.4, 0.5) is 0 Å². The zero-order chi connectivity index (χ0) is 20.3. The summed E-state index contributed by atoms with van der Waals surface area (Å²) in [4.78, 5) is 18.1. The molecule has 1 fully saturated rings. The number of hydrogen-bond acceptors (Lipinski definition) is 5. The molecule has 1 aromatic heterocycles. The van der Waals surface area contributed by atoms with Crippen molar-refractivity contribution in [2.75, 3.05) is 12.3 Å². The van der Waals surface area contributed by atoms with E-state index in [1.165, 1.54) is 11.8 Å². The van der Waals surface area contributed by atoms with Gasteiger partial charge < -0.3 is 0 Å². The summed E-state index contributed by atoms with van der Waals surface area (Å²) in [5, 5.41) is 1.30. The Balaban J connectivity index is 1.53. The smallest absolute Gasteiger partial charge is 0.262 e. The number of sulfonamides is 1. The van der Waals surface area contributed by atoms with Gasteiger partial charge >= 0.3 is 0 Å². The predicted molar refractivity (Wildman–Crippen MR) is 116 cm³/mol. The third-order valence-corrected chi connectivity index (χ3v) is 7.58. The van der Waals surface area contributed by atoms with Crippen molar-refractivity contribution in [2.45, 2.75) is 41.8 Å². The van der Waals surface area contributed by atoms with Gasteiger partial charge in [0.2, 0.25) is 10.0 Å². The molecule has 29 heavy (non-hydrogen) atoms. The van der Waals surface area contributed by atoms with Crippen LogP contribution in [0.25, 0.3) is 10.9 Å². The molecule has 1 aliphatic carbocycles. The quantitative estimate of drug-likeness (QED) is 0.353. The van der Waals surface area contributed by atoms with Crippen molar-refractivity contribution >= 4 is 32.7 Å². The van der Waals surface area contributed by atoms with Crippen LogP contribution in [0, 0.1) is 0 Å². The number of hydrogen-bond donors (Lipinski definition) is 1. The van der Waals surface area contributed by atoms with Crippen LogP contribution in [0.1, 0.15) is 31.7 Å². The van der Waals surface area contributed by atoms with Gasteiger partial charge in [0, 0.05) is 18.3 Å². The minimum Gasteiger partial charge on any atom is -0.284 e. The number of para-hydroxylation sites is 1. The molecule has 1 aliphatic rings. The van der Waals surface area contributed by atoms with Gasteiger partial charge in [0.05, 0.1) is 15.8 Å². The van der Waals surface area contributed by atoms with Crippen molar-refractivity contribution in [3.8, 4) is 0 Å². The Bertz CT molecular complexity index is 1150. The van der Waals surface area contributed by atoms with Gasteiger partial charge in [0.25, 0.3) is 5.56 Å². The van der Waals surface area contributed by atoms with Gasteiger partial charge in [0.1, 0.15) is 0 Å². The van der Waals surface area contributed by atoms with Gasteiger partial charge in [-0.05, 0) is 37.1 Å². The summed E-state index contributed by atoms with van der Waals surface area (Å²) in [6.45, 7) is 0.259.